The standard InChI is InChI=1S/C12H23N5O/c1-10-8-11(16(2)15-10)9-17(6-7-18-3)5-4-12(13)14/h8H,4-7,9H2,1-3H3,(H3,13,14). The molecule has 0 bridgehead atoms. The Morgan fingerprint density at radius 2 is 2.28 bits per heavy atom. The number of nitrogens with two attached hydrogens (primary N) is 1. The van der Waals surface area contributed by atoms with E-state index in [4.69, 9.17) is 15.9 Å². The maximum atomic E-state index is 7.29. The van der Waals surface area contributed by atoms with Crippen molar-refractivity contribution in [3.63, 3.8) is 0 Å². The third-order valence-corrected chi connectivity index (χ3v) is 2.79. The number of methoxy groups -OCH3 is 1. The Bertz CT molecular complexity index is 388. The molecule has 0 saturated heterocycles. The molecule has 1 heterocycles. The van der Waals surface area contributed by atoms with Gasteiger partial charge in [0.25, 0.3) is 0 Å². The number of aryl methyl sites for hydroxylation is 2. The molecule has 0 amide bonds. The summed E-state index contributed by atoms with van der Waals surface area (Å²) in [5.41, 5.74) is 7.58. The highest BCUT2D eigenvalue weighted by molar-refractivity contribution is 5.76. The van der Waals surface area contributed by atoms with E-state index in [9.17, 15) is 0 Å². The van der Waals surface area contributed by atoms with Crippen LogP contribution < -0.4 is 5.73 Å². The highest BCUT2D eigenvalue weighted by Crippen LogP contribution is 2.06. The molecule has 6 nitrogen and oxygen atoms in total. The molecule has 0 unspecified atom stereocenters. The molecule has 0 aliphatic heterocycles. The van der Waals surface area contributed by atoms with Crippen LogP contribution in [0.1, 0.15) is 17.8 Å². The molecule has 18 heavy (non-hydrogen) atoms. The Hall–Kier alpha value is -1.40. The number of hydrogen-bond acceptors (Lipinski definition) is 4. The van der Waals surface area contributed by atoms with Crippen molar-refractivity contribution >= 4 is 5.84 Å². The SMILES string of the molecule is COCCN(CCC(=N)N)Cc1cc(C)nn1C. The fourth-order valence-electron chi connectivity index (χ4n) is 1.81. The zero-order valence-corrected chi connectivity index (χ0v) is 11.4. The monoisotopic (exact) mass is 253 g/mol. The van der Waals surface area contributed by atoms with Crippen molar-refractivity contribution in [3.8, 4) is 0 Å². The summed E-state index contributed by atoms with van der Waals surface area (Å²) >= 11 is 0. The highest BCUT2D eigenvalue weighted by Gasteiger charge is 2.10. The van der Waals surface area contributed by atoms with Crippen molar-refractivity contribution in [2.45, 2.75) is 19.9 Å². The lowest BCUT2D eigenvalue weighted by Crippen LogP contribution is -2.31. The van der Waals surface area contributed by atoms with Crippen molar-refractivity contribution in [3.05, 3.63) is 17.5 Å². The summed E-state index contributed by atoms with van der Waals surface area (Å²) in [5, 5.41) is 11.6. The van der Waals surface area contributed by atoms with Gasteiger partial charge in [-0.25, -0.2) is 0 Å². The minimum absolute atomic E-state index is 0.221. The second-order valence-corrected chi connectivity index (χ2v) is 4.44. The van der Waals surface area contributed by atoms with E-state index in [1.165, 1.54) is 0 Å². The van der Waals surface area contributed by atoms with Gasteiger partial charge in [0.05, 0.1) is 23.8 Å². The first-order valence-electron chi connectivity index (χ1n) is 6.06. The van der Waals surface area contributed by atoms with E-state index in [-0.39, 0.29) is 5.84 Å². The molecular formula is C12H23N5O. The molecule has 0 atom stereocenters. The summed E-state index contributed by atoms with van der Waals surface area (Å²) in [6, 6.07) is 2.08. The van der Waals surface area contributed by atoms with Gasteiger partial charge in [0.2, 0.25) is 0 Å². The molecule has 1 aromatic heterocycles. The Morgan fingerprint density at radius 1 is 1.56 bits per heavy atom. The van der Waals surface area contributed by atoms with Crippen LogP contribution in [0, 0.1) is 12.3 Å². The Morgan fingerprint density at radius 3 is 2.78 bits per heavy atom. The topological polar surface area (TPSA) is 80.2 Å². The van der Waals surface area contributed by atoms with Crippen LogP contribution in [0.2, 0.25) is 0 Å². The van der Waals surface area contributed by atoms with Crippen LogP contribution in [0.15, 0.2) is 6.07 Å². The van der Waals surface area contributed by atoms with Crippen LogP contribution in [0.4, 0.5) is 0 Å². The van der Waals surface area contributed by atoms with Crippen LogP contribution >= 0.6 is 0 Å². The van der Waals surface area contributed by atoms with Crippen molar-refractivity contribution < 1.29 is 4.74 Å². The van der Waals surface area contributed by atoms with Gasteiger partial charge in [-0.1, -0.05) is 0 Å². The fraction of sp³-hybridized carbons (Fsp3) is 0.667. The second-order valence-electron chi connectivity index (χ2n) is 4.44. The lowest BCUT2D eigenvalue weighted by molar-refractivity contribution is 0.144. The van der Waals surface area contributed by atoms with E-state index in [1.54, 1.807) is 7.11 Å². The summed E-state index contributed by atoms with van der Waals surface area (Å²) < 4.78 is 7.00. The van der Waals surface area contributed by atoms with Crippen molar-refractivity contribution in [1.29, 1.82) is 5.41 Å². The summed E-state index contributed by atoms with van der Waals surface area (Å²) in [6.07, 6.45) is 0.584. The number of nitrogens with one attached hydrogen (secondary N) is 1. The number of hydrogen-bond donors (Lipinski definition) is 2. The largest absolute Gasteiger partial charge is 0.388 e. The molecule has 0 aliphatic rings. The maximum Gasteiger partial charge on any atom is 0.0918 e. The van der Waals surface area contributed by atoms with Crippen molar-refractivity contribution in [2.75, 3.05) is 26.8 Å². The lowest BCUT2D eigenvalue weighted by Gasteiger charge is -2.21. The van der Waals surface area contributed by atoms with Gasteiger partial charge in [-0.2, -0.15) is 5.10 Å². The first kappa shape index (κ1) is 14.7. The van der Waals surface area contributed by atoms with E-state index in [0.29, 0.717) is 13.0 Å². The quantitative estimate of drug-likeness (QED) is 0.522. The van der Waals surface area contributed by atoms with Crippen LogP contribution in [-0.4, -0.2) is 47.3 Å². The predicted molar refractivity (Wildman–Crippen MR) is 71.6 cm³/mol. The molecule has 0 fully saturated rings. The fourth-order valence-corrected chi connectivity index (χ4v) is 1.81. The molecule has 1 aromatic rings. The first-order valence-corrected chi connectivity index (χ1v) is 6.06. The molecule has 0 spiro atoms. The van der Waals surface area contributed by atoms with Crippen molar-refractivity contribution in [2.24, 2.45) is 12.8 Å². The van der Waals surface area contributed by atoms with Gasteiger partial charge >= 0.3 is 0 Å². The van der Waals surface area contributed by atoms with Gasteiger partial charge in [-0.05, 0) is 13.0 Å². The molecule has 6 heteroatoms. The van der Waals surface area contributed by atoms with Gasteiger partial charge < -0.3 is 10.5 Å². The molecular weight excluding hydrogens is 230 g/mol. The van der Waals surface area contributed by atoms with E-state index < -0.39 is 0 Å². The lowest BCUT2D eigenvalue weighted by atomic mass is 10.3. The van der Waals surface area contributed by atoms with E-state index in [1.807, 2.05) is 18.7 Å². The molecule has 0 radical (unpaired) electrons. The van der Waals surface area contributed by atoms with E-state index in [2.05, 4.69) is 16.1 Å². The summed E-state index contributed by atoms with van der Waals surface area (Å²) in [7, 11) is 3.64. The molecule has 3 N–H and O–H groups in total. The third-order valence-electron chi connectivity index (χ3n) is 2.79. The molecule has 0 aromatic carbocycles. The van der Waals surface area contributed by atoms with Gasteiger partial charge in [0.15, 0.2) is 0 Å². The predicted octanol–water partition coefficient (Wildman–Crippen LogP) is 0.503. The first-order chi connectivity index (χ1) is 8.52. The summed E-state index contributed by atoms with van der Waals surface area (Å²) in [4.78, 5) is 2.22. The Balaban J connectivity index is 2.59. The highest BCUT2D eigenvalue weighted by atomic mass is 16.5. The van der Waals surface area contributed by atoms with Gasteiger partial charge in [-0.3, -0.25) is 15.0 Å². The van der Waals surface area contributed by atoms with Gasteiger partial charge in [0, 0.05) is 40.2 Å². The minimum atomic E-state index is 0.221. The zero-order chi connectivity index (χ0) is 13.5. The number of ether oxygens (including phenoxy) is 1. The average molecular weight is 253 g/mol. The molecule has 0 aliphatic carbocycles. The molecule has 102 valence electrons. The Labute approximate surface area is 108 Å². The maximum absolute atomic E-state index is 7.29. The number of amidine groups is 1. The van der Waals surface area contributed by atoms with Crippen LogP contribution in [0.3, 0.4) is 0 Å². The number of nitrogens with zero attached hydrogens (tertiary/aromatic N) is 3. The van der Waals surface area contributed by atoms with Crippen LogP contribution in [0.5, 0.6) is 0 Å². The van der Waals surface area contributed by atoms with Crippen LogP contribution in [-0.2, 0) is 18.3 Å². The van der Waals surface area contributed by atoms with E-state index in [0.717, 1.165) is 31.0 Å². The van der Waals surface area contributed by atoms with Crippen molar-refractivity contribution in [1.82, 2.24) is 14.7 Å². The van der Waals surface area contributed by atoms with Gasteiger partial charge in [0.1, 0.15) is 0 Å². The smallest absolute Gasteiger partial charge is 0.0918 e. The number of rotatable bonds is 8. The van der Waals surface area contributed by atoms with E-state index >= 15 is 0 Å². The molecule has 1 rings (SSSR count). The Kier molecular flexibility index (Phi) is 5.80. The summed E-state index contributed by atoms with van der Waals surface area (Å²) in [5.74, 6) is 0.221. The normalized spacial score (nSPS) is 11.1. The van der Waals surface area contributed by atoms with Gasteiger partial charge in [-0.15, -0.1) is 0 Å². The minimum Gasteiger partial charge on any atom is -0.388 e. The molecule has 0 saturated carbocycles. The second kappa shape index (κ2) is 7.13. The average Bonchev–Trinajstić information content (AvgIpc) is 2.61. The summed E-state index contributed by atoms with van der Waals surface area (Å²) in [6.45, 7) is 5.05. The third kappa shape index (κ3) is 4.85. The number of aromatic nitrogens is 2. The zero-order valence-electron chi connectivity index (χ0n) is 11.4. The van der Waals surface area contributed by atoms with Crippen LogP contribution in [0.25, 0.3) is 0 Å².